The zero-order chi connectivity index (χ0) is 29.5. The third-order valence-electron chi connectivity index (χ3n) is 7.51. The number of carbonyl (C=O) groups excluding carboxylic acids is 1. The SMILES string of the molecule is C=CCCOc1ccc(C(=O)OC2CCC(c3ccc(-c4ccc(C(O)CCC)cc4)c(F)c3F)CC2)c(F)c1F. The molecular formula is C33H34F4O4. The van der Waals surface area contributed by atoms with Crippen LogP contribution in [0.2, 0.25) is 0 Å². The van der Waals surface area contributed by atoms with Crippen molar-refractivity contribution in [2.75, 3.05) is 6.61 Å². The van der Waals surface area contributed by atoms with Crippen molar-refractivity contribution in [3.8, 4) is 16.9 Å². The third-order valence-corrected chi connectivity index (χ3v) is 7.51. The van der Waals surface area contributed by atoms with Crippen molar-refractivity contribution in [3.63, 3.8) is 0 Å². The molecule has 0 amide bonds. The summed E-state index contributed by atoms with van der Waals surface area (Å²) in [6.45, 7) is 5.63. The first-order valence-electron chi connectivity index (χ1n) is 13.9. The Bertz CT molecular complexity index is 1360. The van der Waals surface area contributed by atoms with Crippen molar-refractivity contribution in [1.82, 2.24) is 0 Å². The highest BCUT2D eigenvalue weighted by Crippen LogP contribution is 2.38. The van der Waals surface area contributed by atoms with Crippen molar-refractivity contribution in [1.29, 1.82) is 0 Å². The number of aliphatic hydroxyl groups excluding tert-OH is 1. The highest BCUT2D eigenvalue weighted by Gasteiger charge is 2.30. The quantitative estimate of drug-likeness (QED) is 0.109. The molecule has 0 saturated heterocycles. The molecule has 1 unspecified atom stereocenters. The Kier molecular flexibility index (Phi) is 10.2. The van der Waals surface area contributed by atoms with Gasteiger partial charge in [0.15, 0.2) is 23.2 Å². The van der Waals surface area contributed by atoms with E-state index in [2.05, 4.69) is 6.58 Å². The lowest BCUT2D eigenvalue weighted by molar-refractivity contribution is 0.0188. The number of rotatable bonds is 11. The van der Waals surface area contributed by atoms with Crippen LogP contribution in [0.5, 0.6) is 5.75 Å². The van der Waals surface area contributed by atoms with Crippen LogP contribution >= 0.6 is 0 Å². The van der Waals surface area contributed by atoms with Gasteiger partial charge in [-0.1, -0.05) is 55.8 Å². The number of esters is 1. The van der Waals surface area contributed by atoms with Crippen LogP contribution < -0.4 is 4.74 Å². The van der Waals surface area contributed by atoms with Crippen molar-refractivity contribution in [3.05, 3.63) is 101 Å². The summed E-state index contributed by atoms with van der Waals surface area (Å²) in [6.07, 6.45) is 3.93. The molecule has 0 spiro atoms. The molecule has 4 rings (SSSR count). The second-order valence-electron chi connectivity index (χ2n) is 10.3. The first-order valence-corrected chi connectivity index (χ1v) is 13.9. The first-order chi connectivity index (χ1) is 19.7. The molecule has 1 atom stereocenters. The normalized spacial score (nSPS) is 17.6. The molecule has 3 aromatic rings. The molecule has 1 N–H and O–H groups in total. The molecule has 0 aromatic heterocycles. The molecule has 4 nitrogen and oxygen atoms in total. The fourth-order valence-corrected chi connectivity index (χ4v) is 5.19. The van der Waals surface area contributed by atoms with Gasteiger partial charge in [0.05, 0.1) is 18.3 Å². The average Bonchev–Trinajstić information content (AvgIpc) is 2.97. The Hall–Kier alpha value is -3.65. The number of hydrogen-bond acceptors (Lipinski definition) is 4. The van der Waals surface area contributed by atoms with Gasteiger partial charge in [0.25, 0.3) is 0 Å². The maximum atomic E-state index is 15.2. The minimum atomic E-state index is -1.34. The van der Waals surface area contributed by atoms with Crippen molar-refractivity contribution in [2.45, 2.75) is 70.0 Å². The average molecular weight is 571 g/mol. The third kappa shape index (κ3) is 6.99. The molecule has 218 valence electrons. The van der Waals surface area contributed by atoms with Gasteiger partial charge >= 0.3 is 5.97 Å². The summed E-state index contributed by atoms with van der Waals surface area (Å²) in [5.41, 5.74) is 1.10. The van der Waals surface area contributed by atoms with E-state index < -0.39 is 47.0 Å². The minimum absolute atomic E-state index is 0.122. The smallest absolute Gasteiger partial charge is 0.341 e. The van der Waals surface area contributed by atoms with E-state index in [1.54, 1.807) is 42.5 Å². The molecule has 1 fully saturated rings. The second-order valence-corrected chi connectivity index (χ2v) is 10.3. The van der Waals surface area contributed by atoms with Crippen LogP contribution in [0.25, 0.3) is 11.1 Å². The van der Waals surface area contributed by atoms with E-state index in [1.807, 2.05) is 6.92 Å². The standard InChI is InChI=1S/C33H34F4O4/c1-3-5-19-40-28-18-17-26(31(36)32(28)37)33(39)41-23-13-11-21(12-14-23)25-16-15-24(29(34)30(25)35)20-7-9-22(10-8-20)27(38)6-4-2/h3,7-10,15-18,21,23,27,38H,1,4-6,11-14,19H2,2H3. The number of carbonyl (C=O) groups is 1. The Balaban J connectivity index is 1.37. The topological polar surface area (TPSA) is 55.8 Å². The van der Waals surface area contributed by atoms with E-state index in [1.165, 1.54) is 6.07 Å². The largest absolute Gasteiger partial charge is 0.490 e. The predicted octanol–water partition coefficient (Wildman–Crippen LogP) is 8.58. The van der Waals surface area contributed by atoms with Gasteiger partial charge < -0.3 is 14.6 Å². The Morgan fingerprint density at radius 1 is 0.951 bits per heavy atom. The van der Waals surface area contributed by atoms with Gasteiger partial charge in [-0.05, 0) is 73.3 Å². The van der Waals surface area contributed by atoms with Crippen LogP contribution in [0.1, 0.15) is 85.4 Å². The molecule has 1 aliphatic rings. The first kappa shape index (κ1) is 30.3. The Morgan fingerprint density at radius 2 is 1.66 bits per heavy atom. The van der Waals surface area contributed by atoms with E-state index >= 15 is 8.78 Å². The minimum Gasteiger partial charge on any atom is -0.490 e. The number of ether oxygens (including phenoxy) is 2. The fourth-order valence-electron chi connectivity index (χ4n) is 5.19. The van der Waals surface area contributed by atoms with Crippen LogP contribution in [0.4, 0.5) is 17.6 Å². The Morgan fingerprint density at radius 3 is 2.32 bits per heavy atom. The summed E-state index contributed by atoms with van der Waals surface area (Å²) in [4.78, 5) is 12.6. The highest BCUT2D eigenvalue weighted by molar-refractivity contribution is 5.90. The number of benzene rings is 3. The van der Waals surface area contributed by atoms with Crippen LogP contribution in [-0.4, -0.2) is 23.8 Å². The number of hydrogen-bond donors (Lipinski definition) is 1. The molecular weight excluding hydrogens is 536 g/mol. The maximum Gasteiger partial charge on any atom is 0.341 e. The summed E-state index contributed by atoms with van der Waals surface area (Å²) in [5, 5.41) is 10.2. The lowest BCUT2D eigenvalue weighted by Gasteiger charge is -2.29. The summed E-state index contributed by atoms with van der Waals surface area (Å²) in [7, 11) is 0. The van der Waals surface area contributed by atoms with Crippen molar-refractivity contribution < 1.29 is 36.9 Å². The molecule has 0 bridgehead atoms. The summed E-state index contributed by atoms with van der Waals surface area (Å²) < 4.78 is 69.8. The predicted molar refractivity (Wildman–Crippen MR) is 149 cm³/mol. The van der Waals surface area contributed by atoms with Gasteiger partial charge in [-0.2, -0.15) is 4.39 Å². The number of aliphatic hydroxyl groups is 1. The van der Waals surface area contributed by atoms with Crippen molar-refractivity contribution >= 4 is 5.97 Å². The number of halogens is 4. The van der Waals surface area contributed by atoms with Gasteiger partial charge in [-0.15, -0.1) is 6.58 Å². The van der Waals surface area contributed by atoms with E-state index in [-0.39, 0.29) is 29.4 Å². The van der Waals surface area contributed by atoms with Crippen LogP contribution in [0.15, 0.2) is 61.2 Å². The summed E-state index contributed by atoms with van der Waals surface area (Å²) in [6, 6.07) is 12.2. The van der Waals surface area contributed by atoms with Crippen molar-refractivity contribution in [2.24, 2.45) is 0 Å². The van der Waals surface area contributed by atoms with Gasteiger partial charge in [-0.3, -0.25) is 0 Å². The van der Waals surface area contributed by atoms with Gasteiger partial charge in [0.1, 0.15) is 6.10 Å². The molecule has 8 heteroatoms. The van der Waals surface area contributed by atoms with E-state index in [9.17, 15) is 18.7 Å². The molecule has 41 heavy (non-hydrogen) atoms. The summed E-state index contributed by atoms with van der Waals surface area (Å²) in [5.74, 6) is -6.02. The Labute approximate surface area is 237 Å². The molecule has 0 aliphatic heterocycles. The zero-order valence-corrected chi connectivity index (χ0v) is 23.0. The lowest BCUT2D eigenvalue weighted by atomic mass is 9.82. The maximum absolute atomic E-state index is 15.2. The van der Waals surface area contributed by atoms with E-state index in [0.717, 1.165) is 18.1 Å². The second kappa shape index (κ2) is 13.8. The molecule has 0 radical (unpaired) electrons. The molecule has 3 aromatic carbocycles. The highest BCUT2D eigenvalue weighted by atomic mass is 19.2. The van der Waals surface area contributed by atoms with Crippen LogP contribution in [-0.2, 0) is 4.74 Å². The van der Waals surface area contributed by atoms with E-state index in [0.29, 0.717) is 44.1 Å². The molecule has 1 saturated carbocycles. The lowest BCUT2D eigenvalue weighted by Crippen LogP contribution is -2.25. The van der Waals surface area contributed by atoms with Crippen LogP contribution in [0, 0.1) is 23.3 Å². The monoisotopic (exact) mass is 570 g/mol. The van der Waals surface area contributed by atoms with Crippen LogP contribution in [0.3, 0.4) is 0 Å². The van der Waals surface area contributed by atoms with Gasteiger partial charge in [0, 0.05) is 5.56 Å². The van der Waals surface area contributed by atoms with Gasteiger partial charge in [-0.25, -0.2) is 18.0 Å². The zero-order valence-electron chi connectivity index (χ0n) is 23.0. The fraction of sp³-hybridized carbons (Fsp3) is 0.364. The molecule has 0 heterocycles. The van der Waals surface area contributed by atoms with E-state index in [4.69, 9.17) is 9.47 Å². The van der Waals surface area contributed by atoms with Gasteiger partial charge in [0.2, 0.25) is 5.82 Å². The summed E-state index contributed by atoms with van der Waals surface area (Å²) >= 11 is 0. The molecule has 1 aliphatic carbocycles.